The molecule has 0 aliphatic rings. The highest BCUT2D eigenvalue weighted by molar-refractivity contribution is 7.90. The van der Waals surface area contributed by atoms with Crippen LogP contribution in [0, 0.1) is 0 Å². The second-order valence-electron chi connectivity index (χ2n) is 3.18. The molecule has 0 fully saturated rings. The predicted molar refractivity (Wildman–Crippen MR) is 47.5 cm³/mol. The molecule has 0 saturated heterocycles. The molecule has 0 aromatic rings. The standard InChI is InChI=1S/C6H13NO3S.H3N/c1-5(8)4-6(2,3)11(7,9)10;/h4H2,1-3H3,(H2,7,9,10);1H3. The maximum atomic E-state index is 10.8. The molecule has 6 heteroatoms. The van der Waals surface area contributed by atoms with E-state index in [0.717, 1.165) is 0 Å². The number of hydrogen-bond acceptors (Lipinski definition) is 4. The number of primary sulfonamides is 1. The van der Waals surface area contributed by atoms with Crippen LogP contribution in [0.3, 0.4) is 0 Å². The van der Waals surface area contributed by atoms with Crippen LogP contribution >= 0.6 is 0 Å². The van der Waals surface area contributed by atoms with Crippen LogP contribution < -0.4 is 11.3 Å². The van der Waals surface area contributed by atoms with Gasteiger partial charge in [-0.05, 0) is 20.8 Å². The highest BCUT2D eigenvalue weighted by Gasteiger charge is 2.32. The maximum Gasteiger partial charge on any atom is 0.214 e. The molecule has 0 aliphatic carbocycles. The molecule has 0 spiro atoms. The van der Waals surface area contributed by atoms with Gasteiger partial charge < -0.3 is 6.15 Å². The van der Waals surface area contributed by atoms with Gasteiger partial charge in [0.15, 0.2) is 0 Å². The van der Waals surface area contributed by atoms with Crippen molar-refractivity contribution < 1.29 is 13.2 Å². The largest absolute Gasteiger partial charge is 0.344 e. The number of Topliss-reactive ketones (excluding diaryl/α,β-unsaturated/α-hetero) is 1. The zero-order valence-electron chi connectivity index (χ0n) is 7.62. The molecule has 5 N–H and O–H groups in total. The molecule has 0 aliphatic heterocycles. The molecular weight excluding hydrogens is 180 g/mol. The van der Waals surface area contributed by atoms with Crippen LogP contribution in [0.15, 0.2) is 0 Å². The monoisotopic (exact) mass is 196 g/mol. The van der Waals surface area contributed by atoms with E-state index in [1.165, 1.54) is 20.8 Å². The zero-order valence-corrected chi connectivity index (χ0v) is 8.44. The molecule has 0 atom stereocenters. The van der Waals surface area contributed by atoms with E-state index in [4.69, 9.17) is 5.14 Å². The van der Waals surface area contributed by atoms with E-state index in [1.807, 2.05) is 0 Å². The van der Waals surface area contributed by atoms with Gasteiger partial charge in [0.1, 0.15) is 5.78 Å². The second-order valence-corrected chi connectivity index (χ2v) is 5.38. The van der Waals surface area contributed by atoms with E-state index in [1.54, 1.807) is 0 Å². The van der Waals surface area contributed by atoms with Gasteiger partial charge in [0.2, 0.25) is 10.0 Å². The third-order valence-electron chi connectivity index (χ3n) is 1.44. The molecule has 0 unspecified atom stereocenters. The van der Waals surface area contributed by atoms with Crippen molar-refractivity contribution in [3.05, 3.63) is 0 Å². The molecule has 0 heterocycles. The van der Waals surface area contributed by atoms with Crippen molar-refractivity contribution in [1.29, 1.82) is 0 Å². The Kier molecular flexibility index (Phi) is 4.66. The highest BCUT2D eigenvalue weighted by atomic mass is 32.2. The number of ketones is 1. The SMILES string of the molecule is CC(=O)CC(C)(C)S(N)(=O)=O.N. The van der Waals surface area contributed by atoms with Gasteiger partial charge >= 0.3 is 0 Å². The third kappa shape index (κ3) is 3.80. The molecule has 0 aromatic heterocycles. The van der Waals surface area contributed by atoms with Crippen LogP contribution in [0.5, 0.6) is 0 Å². The minimum atomic E-state index is -3.62. The lowest BCUT2D eigenvalue weighted by Crippen LogP contribution is -2.39. The molecule has 0 aromatic carbocycles. The van der Waals surface area contributed by atoms with E-state index in [9.17, 15) is 13.2 Å². The first-order chi connectivity index (χ1) is 4.67. The Morgan fingerprint density at radius 3 is 1.83 bits per heavy atom. The number of hydrogen-bond donors (Lipinski definition) is 2. The van der Waals surface area contributed by atoms with Gasteiger partial charge in [0.25, 0.3) is 0 Å². The van der Waals surface area contributed by atoms with Gasteiger partial charge in [-0.25, -0.2) is 13.6 Å². The predicted octanol–water partition coefficient (Wildman–Crippen LogP) is 0.195. The molecule has 12 heavy (non-hydrogen) atoms. The Balaban J connectivity index is 0. The molecule has 0 bridgehead atoms. The first kappa shape index (κ1) is 14.1. The summed E-state index contributed by atoms with van der Waals surface area (Å²) >= 11 is 0. The maximum absolute atomic E-state index is 10.8. The Morgan fingerprint density at radius 2 is 1.75 bits per heavy atom. The lowest BCUT2D eigenvalue weighted by molar-refractivity contribution is -0.117. The van der Waals surface area contributed by atoms with E-state index in [0.29, 0.717) is 0 Å². The lowest BCUT2D eigenvalue weighted by Gasteiger charge is -2.19. The van der Waals surface area contributed by atoms with Crippen molar-refractivity contribution >= 4 is 15.8 Å². The molecule has 5 nitrogen and oxygen atoms in total. The summed E-state index contributed by atoms with van der Waals surface area (Å²) in [6.07, 6.45) is -0.0359. The highest BCUT2D eigenvalue weighted by Crippen LogP contribution is 2.17. The van der Waals surface area contributed by atoms with E-state index >= 15 is 0 Å². The number of nitrogens with two attached hydrogens (primary N) is 1. The molecule has 0 saturated carbocycles. The summed E-state index contributed by atoms with van der Waals surface area (Å²) < 4.78 is 20.5. The van der Waals surface area contributed by atoms with Crippen molar-refractivity contribution in [2.45, 2.75) is 31.9 Å². The van der Waals surface area contributed by atoms with Gasteiger partial charge in [0.05, 0.1) is 4.75 Å². The van der Waals surface area contributed by atoms with Gasteiger partial charge in [-0.1, -0.05) is 0 Å². The Bertz CT molecular complexity index is 256. The van der Waals surface area contributed by atoms with Crippen LogP contribution in [0.1, 0.15) is 27.2 Å². The first-order valence-corrected chi connectivity index (χ1v) is 4.73. The summed E-state index contributed by atoms with van der Waals surface area (Å²) in [6, 6.07) is 0. The molecule has 0 rings (SSSR count). The Labute approximate surface area is 73.0 Å². The summed E-state index contributed by atoms with van der Waals surface area (Å²) in [5.74, 6) is -0.177. The summed E-state index contributed by atoms with van der Waals surface area (Å²) in [4.78, 5) is 10.6. The lowest BCUT2D eigenvalue weighted by atomic mass is 10.1. The summed E-state index contributed by atoms with van der Waals surface area (Å²) in [5.41, 5.74) is 0. The van der Waals surface area contributed by atoms with E-state index in [-0.39, 0.29) is 18.4 Å². The number of rotatable bonds is 3. The average molecular weight is 196 g/mol. The topological polar surface area (TPSA) is 112 Å². The zero-order chi connectivity index (χ0) is 9.28. The number of sulfonamides is 1. The fourth-order valence-electron chi connectivity index (χ4n) is 0.700. The summed E-state index contributed by atoms with van der Waals surface area (Å²) in [6.45, 7) is 4.21. The van der Waals surface area contributed by atoms with E-state index in [2.05, 4.69) is 0 Å². The molecular formula is C6H16N2O3S. The van der Waals surface area contributed by atoms with Gasteiger partial charge in [0, 0.05) is 6.42 Å². The van der Waals surface area contributed by atoms with Crippen LogP contribution in [-0.2, 0) is 14.8 Å². The Hall–Kier alpha value is -0.460. The van der Waals surface area contributed by atoms with Crippen molar-refractivity contribution in [2.24, 2.45) is 5.14 Å². The van der Waals surface area contributed by atoms with Crippen LogP contribution in [0.2, 0.25) is 0 Å². The number of carbonyl (C=O) groups excluding carboxylic acids is 1. The van der Waals surface area contributed by atoms with Crippen molar-refractivity contribution in [3.63, 3.8) is 0 Å². The van der Waals surface area contributed by atoms with Crippen LogP contribution in [0.25, 0.3) is 0 Å². The minimum absolute atomic E-state index is 0. The van der Waals surface area contributed by atoms with Gasteiger partial charge in [-0.3, -0.25) is 4.79 Å². The first-order valence-electron chi connectivity index (χ1n) is 3.18. The van der Waals surface area contributed by atoms with Gasteiger partial charge in [-0.2, -0.15) is 0 Å². The fourth-order valence-corrected chi connectivity index (χ4v) is 1.10. The van der Waals surface area contributed by atoms with Crippen LogP contribution in [-0.4, -0.2) is 18.9 Å². The fraction of sp³-hybridized carbons (Fsp3) is 0.833. The Morgan fingerprint density at radius 1 is 1.42 bits per heavy atom. The molecule has 0 amide bonds. The summed E-state index contributed by atoms with van der Waals surface area (Å²) in [7, 11) is -3.62. The molecule has 74 valence electrons. The van der Waals surface area contributed by atoms with Crippen molar-refractivity contribution in [2.75, 3.05) is 0 Å². The van der Waals surface area contributed by atoms with E-state index < -0.39 is 14.8 Å². The normalized spacial score (nSPS) is 12.0. The van der Waals surface area contributed by atoms with Crippen molar-refractivity contribution in [3.8, 4) is 0 Å². The average Bonchev–Trinajstić information content (AvgIpc) is 1.56. The molecule has 0 radical (unpaired) electrons. The minimum Gasteiger partial charge on any atom is -0.344 e. The quantitative estimate of drug-likeness (QED) is 0.671. The second kappa shape index (κ2) is 3.97. The van der Waals surface area contributed by atoms with Gasteiger partial charge in [-0.15, -0.1) is 0 Å². The van der Waals surface area contributed by atoms with Crippen LogP contribution in [0.4, 0.5) is 0 Å². The number of carbonyl (C=O) groups is 1. The smallest absolute Gasteiger partial charge is 0.214 e. The summed E-state index contributed by atoms with van der Waals surface area (Å²) in [5, 5.41) is 4.88. The third-order valence-corrected chi connectivity index (χ3v) is 3.13. The van der Waals surface area contributed by atoms with Crippen molar-refractivity contribution in [1.82, 2.24) is 6.15 Å².